The van der Waals surface area contributed by atoms with Crippen LogP contribution < -0.4 is 5.32 Å². The van der Waals surface area contributed by atoms with E-state index in [1.54, 1.807) is 5.56 Å². The van der Waals surface area contributed by atoms with Gasteiger partial charge in [0.2, 0.25) is 0 Å². The molecule has 0 aliphatic rings. The average Bonchev–Trinajstić information content (AvgIpc) is 2.30. The Morgan fingerprint density at radius 2 is 1.58 bits per heavy atom. The maximum atomic E-state index is 3.61. The van der Waals surface area contributed by atoms with E-state index in [0.717, 1.165) is 24.9 Å². The van der Waals surface area contributed by atoms with E-state index in [1.807, 2.05) is 0 Å². The molecule has 1 heteroatoms. The molecule has 0 saturated carbocycles. The van der Waals surface area contributed by atoms with Gasteiger partial charge in [-0.15, -0.1) is 0 Å². The summed E-state index contributed by atoms with van der Waals surface area (Å²) in [7, 11) is 0. The molecule has 1 aromatic carbocycles. The van der Waals surface area contributed by atoms with Crippen molar-refractivity contribution in [1.29, 1.82) is 0 Å². The third-order valence-corrected chi connectivity index (χ3v) is 3.90. The van der Waals surface area contributed by atoms with Crippen LogP contribution in [0.25, 0.3) is 0 Å². The number of hydrogen-bond donors (Lipinski definition) is 1. The highest BCUT2D eigenvalue weighted by Crippen LogP contribution is 2.21. The molecule has 1 nitrogen and oxygen atoms in total. The lowest BCUT2D eigenvalue weighted by atomic mass is 9.90. The maximum Gasteiger partial charge on any atom is -0.00173 e. The summed E-state index contributed by atoms with van der Waals surface area (Å²) < 4.78 is 0. The zero-order valence-electron chi connectivity index (χ0n) is 13.6. The van der Waals surface area contributed by atoms with E-state index in [4.69, 9.17) is 0 Å². The van der Waals surface area contributed by atoms with Crippen molar-refractivity contribution < 1.29 is 0 Å². The summed E-state index contributed by atoms with van der Waals surface area (Å²) in [6.07, 6.45) is 2.46. The first kappa shape index (κ1) is 16.2. The molecule has 0 saturated heterocycles. The molecule has 1 N–H and O–H groups in total. The molecule has 1 atom stereocenters. The molecule has 1 aromatic rings. The van der Waals surface area contributed by atoms with E-state index in [9.17, 15) is 0 Å². The highest BCUT2D eigenvalue weighted by molar-refractivity contribution is 5.37. The average molecular weight is 261 g/mol. The largest absolute Gasteiger partial charge is 0.316 e. The molecule has 0 aliphatic carbocycles. The highest BCUT2D eigenvalue weighted by atomic mass is 14.9. The van der Waals surface area contributed by atoms with Crippen molar-refractivity contribution in [2.75, 3.05) is 13.1 Å². The fourth-order valence-electron chi connectivity index (χ4n) is 2.76. The topological polar surface area (TPSA) is 12.0 Å². The van der Waals surface area contributed by atoms with Crippen LogP contribution in [0.3, 0.4) is 0 Å². The predicted molar refractivity (Wildman–Crippen MR) is 85.8 cm³/mol. The third-order valence-electron chi connectivity index (χ3n) is 3.90. The van der Waals surface area contributed by atoms with E-state index in [0.29, 0.717) is 0 Å². The zero-order valence-corrected chi connectivity index (χ0v) is 13.6. The standard InChI is InChI=1S/C18H31N/c1-7-17(12-19-11-13(2)3)10-18-15(5)8-14(4)9-16(18)6/h8-9,13,17,19H,7,10-12H2,1-6H3. The van der Waals surface area contributed by atoms with Gasteiger partial charge in [0.25, 0.3) is 0 Å². The molecule has 0 amide bonds. The predicted octanol–water partition coefficient (Wildman–Crippen LogP) is 4.43. The van der Waals surface area contributed by atoms with Gasteiger partial charge < -0.3 is 5.32 Å². The van der Waals surface area contributed by atoms with Crippen LogP contribution in [0.4, 0.5) is 0 Å². The minimum absolute atomic E-state index is 0.736. The van der Waals surface area contributed by atoms with Crippen molar-refractivity contribution in [2.45, 2.75) is 54.4 Å². The molecular formula is C18H31N. The van der Waals surface area contributed by atoms with Crippen LogP contribution in [0.1, 0.15) is 49.4 Å². The summed E-state index contributed by atoms with van der Waals surface area (Å²) in [5, 5.41) is 3.61. The molecular weight excluding hydrogens is 230 g/mol. The van der Waals surface area contributed by atoms with Crippen LogP contribution in [0, 0.1) is 32.6 Å². The molecule has 0 fully saturated rings. The van der Waals surface area contributed by atoms with Gasteiger partial charge in [0, 0.05) is 0 Å². The second-order valence-corrected chi connectivity index (χ2v) is 6.41. The summed E-state index contributed by atoms with van der Waals surface area (Å²) in [5.41, 5.74) is 5.85. The van der Waals surface area contributed by atoms with Crippen molar-refractivity contribution in [2.24, 2.45) is 11.8 Å². The number of hydrogen-bond acceptors (Lipinski definition) is 1. The quantitative estimate of drug-likeness (QED) is 0.766. The van der Waals surface area contributed by atoms with E-state index >= 15 is 0 Å². The second-order valence-electron chi connectivity index (χ2n) is 6.41. The Bertz CT molecular complexity index is 370. The Morgan fingerprint density at radius 1 is 1.00 bits per heavy atom. The Labute approximate surface area is 119 Å². The minimum atomic E-state index is 0.736. The number of nitrogens with one attached hydrogen (secondary N) is 1. The Balaban J connectivity index is 2.65. The lowest BCUT2D eigenvalue weighted by Gasteiger charge is -2.20. The molecule has 0 bridgehead atoms. The molecule has 1 unspecified atom stereocenters. The summed E-state index contributed by atoms with van der Waals surface area (Å²) in [5.74, 6) is 1.49. The summed E-state index contributed by atoms with van der Waals surface area (Å²) in [6.45, 7) is 15.8. The molecule has 0 aromatic heterocycles. The normalized spacial score (nSPS) is 13.0. The molecule has 0 spiro atoms. The van der Waals surface area contributed by atoms with Crippen LogP contribution >= 0.6 is 0 Å². The third kappa shape index (κ3) is 5.36. The van der Waals surface area contributed by atoms with Crippen molar-refractivity contribution >= 4 is 0 Å². The first-order valence-electron chi connectivity index (χ1n) is 7.71. The Morgan fingerprint density at radius 3 is 2.05 bits per heavy atom. The van der Waals surface area contributed by atoms with Gasteiger partial charge in [-0.25, -0.2) is 0 Å². The van der Waals surface area contributed by atoms with Gasteiger partial charge in [0.1, 0.15) is 0 Å². The van der Waals surface area contributed by atoms with Crippen molar-refractivity contribution in [3.63, 3.8) is 0 Å². The van der Waals surface area contributed by atoms with Crippen LogP contribution in [0.5, 0.6) is 0 Å². The van der Waals surface area contributed by atoms with Gasteiger partial charge >= 0.3 is 0 Å². The lowest BCUT2D eigenvalue weighted by molar-refractivity contribution is 0.436. The molecule has 0 aliphatic heterocycles. The van der Waals surface area contributed by atoms with Crippen molar-refractivity contribution in [1.82, 2.24) is 5.32 Å². The smallest absolute Gasteiger partial charge is 0.00173 e. The summed E-state index contributed by atoms with van der Waals surface area (Å²) in [4.78, 5) is 0. The fourth-order valence-corrected chi connectivity index (χ4v) is 2.76. The van der Waals surface area contributed by atoms with Crippen LogP contribution in [-0.2, 0) is 6.42 Å². The first-order valence-corrected chi connectivity index (χ1v) is 7.71. The minimum Gasteiger partial charge on any atom is -0.316 e. The van der Waals surface area contributed by atoms with Gasteiger partial charge in [0.15, 0.2) is 0 Å². The highest BCUT2D eigenvalue weighted by Gasteiger charge is 2.11. The van der Waals surface area contributed by atoms with Gasteiger partial charge in [0.05, 0.1) is 0 Å². The van der Waals surface area contributed by atoms with Crippen molar-refractivity contribution in [3.8, 4) is 0 Å². The molecule has 1 rings (SSSR count). The van der Waals surface area contributed by atoms with E-state index < -0.39 is 0 Å². The van der Waals surface area contributed by atoms with Gasteiger partial charge in [-0.2, -0.15) is 0 Å². The Kier molecular flexibility index (Phi) is 6.57. The summed E-state index contributed by atoms with van der Waals surface area (Å²) in [6, 6.07) is 4.63. The SMILES string of the molecule is CCC(CNCC(C)C)Cc1c(C)cc(C)cc1C. The second kappa shape index (κ2) is 7.69. The van der Waals surface area contributed by atoms with Crippen LogP contribution in [-0.4, -0.2) is 13.1 Å². The number of rotatable bonds is 7. The van der Waals surface area contributed by atoms with E-state index in [-0.39, 0.29) is 0 Å². The molecule has 108 valence electrons. The monoisotopic (exact) mass is 261 g/mol. The Hall–Kier alpha value is -0.820. The fraction of sp³-hybridized carbons (Fsp3) is 0.667. The maximum absolute atomic E-state index is 3.61. The zero-order chi connectivity index (χ0) is 14.4. The number of benzene rings is 1. The van der Waals surface area contributed by atoms with Crippen molar-refractivity contribution in [3.05, 3.63) is 34.4 Å². The molecule has 0 radical (unpaired) electrons. The van der Waals surface area contributed by atoms with E-state index in [2.05, 4.69) is 59.0 Å². The van der Waals surface area contributed by atoms with Gasteiger partial charge in [-0.1, -0.05) is 44.9 Å². The first-order chi connectivity index (χ1) is 8.93. The van der Waals surface area contributed by atoms with Gasteiger partial charge in [-0.3, -0.25) is 0 Å². The van der Waals surface area contributed by atoms with Gasteiger partial charge in [-0.05, 0) is 68.8 Å². The lowest BCUT2D eigenvalue weighted by Crippen LogP contribution is -2.27. The molecule has 19 heavy (non-hydrogen) atoms. The molecule has 0 heterocycles. The summed E-state index contributed by atoms with van der Waals surface area (Å²) >= 11 is 0. The number of aryl methyl sites for hydroxylation is 3. The van der Waals surface area contributed by atoms with Crippen LogP contribution in [0.2, 0.25) is 0 Å². The van der Waals surface area contributed by atoms with Crippen LogP contribution in [0.15, 0.2) is 12.1 Å². The van der Waals surface area contributed by atoms with E-state index in [1.165, 1.54) is 29.5 Å².